The molecule has 1 amide bonds. The molecule has 1 aliphatic rings. The van der Waals surface area contributed by atoms with E-state index in [9.17, 15) is 9.59 Å². The van der Waals surface area contributed by atoms with Gasteiger partial charge in [0.05, 0.1) is 29.9 Å². The Morgan fingerprint density at radius 2 is 2.00 bits per heavy atom. The number of aromatic nitrogens is 2. The largest absolute Gasteiger partial charge is 0.465 e. The molecule has 1 aliphatic heterocycles. The molecule has 7 heteroatoms. The Hall–Kier alpha value is -3.48. The first-order valence-electron chi connectivity index (χ1n) is 8.92. The number of nitrogens with one attached hydrogen (secondary N) is 2. The van der Waals surface area contributed by atoms with Gasteiger partial charge in [0.2, 0.25) is 5.91 Å². The quantitative estimate of drug-likeness (QED) is 0.678. The Labute approximate surface area is 162 Å². The summed E-state index contributed by atoms with van der Waals surface area (Å²) in [6.45, 7) is 3.86. The number of hydrogen-bond acceptors (Lipinski definition) is 6. The van der Waals surface area contributed by atoms with Crippen molar-refractivity contribution in [2.45, 2.75) is 20.3 Å². The van der Waals surface area contributed by atoms with E-state index >= 15 is 0 Å². The van der Waals surface area contributed by atoms with Crippen molar-refractivity contribution >= 4 is 40.1 Å². The molecule has 142 valence electrons. The van der Waals surface area contributed by atoms with Gasteiger partial charge in [-0.25, -0.2) is 9.78 Å². The molecule has 2 N–H and O–H groups in total. The zero-order valence-electron chi connectivity index (χ0n) is 15.9. The summed E-state index contributed by atoms with van der Waals surface area (Å²) in [5.74, 6) is 0.178. The molecule has 4 rings (SSSR count). The van der Waals surface area contributed by atoms with Gasteiger partial charge in [0.25, 0.3) is 0 Å². The molecule has 28 heavy (non-hydrogen) atoms. The number of amides is 1. The van der Waals surface area contributed by atoms with E-state index in [-0.39, 0.29) is 5.91 Å². The van der Waals surface area contributed by atoms with Crippen LogP contribution in [0.5, 0.6) is 0 Å². The fourth-order valence-corrected chi connectivity index (χ4v) is 3.25. The van der Waals surface area contributed by atoms with Gasteiger partial charge in [-0.2, -0.15) is 0 Å². The van der Waals surface area contributed by atoms with Gasteiger partial charge >= 0.3 is 5.97 Å². The normalized spacial score (nSPS) is 14.9. The first-order valence-corrected chi connectivity index (χ1v) is 8.92. The molecule has 0 saturated heterocycles. The standard InChI is InChI=1S/C21H20N4O3/c1-21(2)10-13-8-14(5-7-15(13)25-20(21)27)23-18-11-22-16-6-4-12(19(26)28-3)9-17(16)24-18/h4-9,11H,10H2,1-3H3,(H,23,24)(H,25,27). The van der Waals surface area contributed by atoms with Crippen LogP contribution in [0.1, 0.15) is 29.8 Å². The van der Waals surface area contributed by atoms with Gasteiger partial charge < -0.3 is 15.4 Å². The van der Waals surface area contributed by atoms with E-state index in [1.807, 2.05) is 32.0 Å². The molecule has 0 fully saturated rings. The van der Waals surface area contributed by atoms with Crippen molar-refractivity contribution in [2.75, 3.05) is 17.7 Å². The van der Waals surface area contributed by atoms with Crippen LogP contribution in [0, 0.1) is 5.41 Å². The minimum atomic E-state index is -0.446. The van der Waals surface area contributed by atoms with Crippen molar-refractivity contribution in [3.8, 4) is 0 Å². The molecule has 1 aromatic heterocycles. The zero-order valence-corrected chi connectivity index (χ0v) is 15.9. The number of anilines is 3. The van der Waals surface area contributed by atoms with Crippen LogP contribution < -0.4 is 10.6 Å². The summed E-state index contributed by atoms with van der Waals surface area (Å²) >= 11 is 0. The smallest absolute Gasteiger partial charge is 0.337 e. The highest BCUT2D eigenvalue weighted by Gasteiger charge is 2.33. The third kappa shape index (κ3) is 3.26. The average Bonchev–Trinajstić information content (AvgIpc) is 2.67. The van der Waals surface area contributed by atoms with Crippen LogP contribution in [0.25, 0.3) is 11.0 Å². The topological polar surface area (TPSA) is 93.2 Å². The van der Waals surface area contributed by atoms with Crippen molar-refractivity contribution in [3.05, 3.63) is 53.7 Å². The van der Waals surface area contributed by atoms with Gasteiger partial charge in [-0.15, -0.1) is 0 Å². The predicted octanol–water partition coefficient (Wildman–Crippen LogP) is 3.68. The van der Waals surface area contributed by atoms with Crippen molar-refractivity contribution in [2.24, 2.45) is 5.41 Å². The van der Waals surface area contributed by atoms with E-state index in [1.165, 1.54) is 7.11 Å². The lowest BCUT2D eigenvalue weighted by atomic mass is 9.81. The summed E-state index contributed by atoms with van der Waals surface area (Å²) in [6, 6.07) is 10.8. The second-order valence-corrected chi connectivity index (χ2v) is 7.46. The fourth-order valence-electron chi connectivity index (χ4n) is 3.25. The van der Waals surface area contributed by atoms with Crippen LogP contribution in [0.4, 0.5) is 17.2 Å². The van der Waals surface area contributed by atoms with Crippen LogP contribution in [0.3, 0.4) is 0 Å². The number of carbonyl (C=O) groups is 2. The number of ether oxygens (including phenoxy) is 1. The van der Waals surface area contributed by atoms with E-state index in [4.69, 9.17) is 4.74 Å². The third-order valence-electron chi connectivity index (χ3n) is 4.84. The lowest BCUT2D eigenvalue weighted by molar-refractivity contribution is -0.124. The van der Waals surface area contributed by atoms with Crippen LogP contribution in [0.15, 0.2) is 42.6 Å². The molecular formula is C21H20N4O3. The average molecular weight is 376 g/mol. The van der Waals surface area contributed by atoms with Crippen molar-refractivity contribution < 1.29 is 14.3 Å². The highest BCUT2D eigenvalue weighted by Crippen LogP contribution is 2.35. The van der Waals surface area contributed by atoms with Crippen molar-refractivity contribution in [1.82, 2.24) is 9.97 Å². The number of carbonyl (C=O) groups excluding carboxylic acids is 2. The van der Waals surface area contributed by atoms with Gasteiger partial charge in [-0.3, -0.25) is 9.78 Å². The summed E-state index contributed by atoms with van der Waals surface area (Å²) in [5.41, 5.74) is 4.01. The fraction of sp³-hybridized carbons (Fsp3) is 0.238. The number of methoxy groups -OCH3 is 1. The number of esters is 1. The molecule has 0 aliphatic carbocycles. The third-order valence-corrected chi connectivity index (χ3v) is 4.84. The number of hydrogen-bond donors (Lipinski definition) is 2. The molecule has 0 radical (unpaired) electrons. The van der Waals surface area contributed by atoms with Crippen LogP contribution >= 0.6 is 0 Å². The predicted molar refractivity (Wildman–Crippen MR) is 107 cm³/mol. The van der Waals surface area contributed by atoms with Crippen LogP contribution in [0.2, 0.25) is 0 Å². The first kappa shape index (κ1) is 17.9. The second kappa shape index (κ2) is 6.60. The van der Waals surface area contributed by atoms with E-state index in [0.29, 0.717) is 28.8 Å². The molecular weight excluding hydrogens is 356 g/mol. The highest BCUT2D eigenvalue weighted by molar-refractivity contribution is 5.98. The van der Waals surface area contributed by atoms with Gasteiger partial charge in [0.15, 0.2) is 0 Å². The summed E-state index contributed by atoms with van der Waals surface area (Å²) in [4.78, 5) is 32.8. The molecule has 3 aromatic rings. The Balaban J connectivity index is 1.63. The van der Waals surface area contributed by atoms with E-state index < -0.39 is 11.4 Å². The van der Waals surface area contributed by atoms with Crippen molar-refractivity contribution in [3.63, 3.8) is 0 Å². The van der Waals surface area contributed by atoms with Crippen LogP contribution in [-0.4, -0.2) is 29.0 Å². The number of benzene rings is 2. The molecule has 2 aromatic carbocycles. The van der Waals surface area contributed by atoms with E-state index in [0.717, 1.165) is 16.9 Å². The lowest BCUT2D eigenvalue weighted by Crippen LogP contribution is -2.37. The van der Waals surface area contributed by atoms with Crippen LogP contribution in [-0.2, 0) is 16.0 Å². The molecule has 7 nitrogen and oxygen atoms in total. The highest BCUT2D eigenvalue weighted by atomic mass is 16.5. The first-order chi connectivity index (χ1) is 13.4. The maximum Gasteiger partial charge on any atom is 0.337 e. The van der Waals surface area contributed by atoms with E-state index in [2.05, 4.69) is 20.6 Å². The lowest BCUT2D eigenvalue weighted by Gasteiger charge is -2.30. The van der Waals surface area contributed by atoms with Crippen molar-refractivity contribution in [1.29, 1.82) is 0 Å². The molecule has 0 atom stereocenters. The summed E-state index contributed by atoms with van der Waals surface area (Å²) in [6.07, 6.45) is 2.31. The molecule has 0 bridgehead atoms. The van der Waals surface area contributed by atoms with Gasteiger partial charge in [-0.1, -0.05) is 13.8 Å². The number of nitrogens with zero attached hydrogens (tertiary/aromatic N) is 2. The summed E-state index contributed by atoms with van der Waals surface area (Å²) < 4.78 is 4.76. The minimum absolute atomic E-state index is 0.0301. The Morgan fingerprint density at radius 1 is 1.18 bits per heavy atom. The zero-order chi connectivity index (χ0) is 19.9. The SMILES string of the molecule is COC(=O)c1ccc2ncc(Nc3ccc4c(c3)CC(C)(C)C(=O)N4)nc2c1. The minimum Gasteiger partial charge on any atom is -0.465 e. The second-order valence-electron chi connectivity index (χ2n) is 7.46. The Morgan fingerprint density at radius 3 is 2.79 bits per heavy atom. The Bertz CT molecular complexity index is 1110. The number of rotatable bonds is 3. The van der Waals surface area contributed by atoms with E-state index in [1.54, 1.807) is 24.4 Å². The molecule has 0 spiro atoms. The van der Waals surface area contributed by atoms with Gasteiger partial charge in [0, 0.05) is 16.8 Å². The molecule has 0 saturated carbocycles. The maximum absolute atomic E-state index is 12.1. The van der Waals surface area contributed by atoms with Gasteiger partial charge in [-0.05, 0) is 48.4 Å². The monoisotopic (exact) mass is 376 g/mol. The Kier molecular flexibility index (Phi) is 4.22. The summed E-state index contributed by atoms with van der Waals surface area (Å²) in [5, 5.41) is 6.19. The summed E-state index contributed by atoms with van der Waals surface area (Å²) in [7, 11) is 1.34. The maximum atomic E-state index is 12.1. The molecule has 0 unspecified atom stereocenters. The van der Waals surface area contributed by atoms with Gasteiger partial charge in [0.1, 0.15) is 5.82 Å². The molecule has 2 heterocycles. The number of fused-ring (bicyclic) bond motifs is 2.